The third kappa shape index (κ3) is 3.07. The molecule has 2 rings (SSSR count). The molecule has 0 fully saturated rings. The monoisotopic (exact) mass is 233 g/mol. The topological polar surface area (TPSA) is 66.2 Å². The molecule has 0 saturated heterocycles. The highest BCUT2D eigenvalue weighted by molar-refractivity contribution is 5.87. The molecule has 1 aromatic carbocycles. The van der Waals surface area contributed by atoms with Crippen LogP contribution < -0.4 is 9.30 Å². The first-order valence-electron chi connectivity index (χ1n) is 5.24. The molecule has 0 aliphatic heterocycles. The van der Waals surface area contributed by atoms with Crippen LogP contribution in [0.25, 0.3) is 0 Å². The van der Waals surface area contributed by atoms with Gasteiger partial charge in [0.05, 0.1) is 5.56 Å². The van der Waals surface area contributed by atoms with E-state index in [2.05, 4.69) is 4.98 Å². The Morgan fingerprint density at radius 3 is 2.71 bits per heavy atom. The van der Waals surface area contributed by atoms with Crippen LogP contribution in [0.1, 0.15) is 10.4 Å². The molecule has 0 atom stereocenters. The average molecular weight is 233 g/mol. The van der Waals surface area contributed by atoms with Gasteiger partial charge in [0, 0.05) is 0 Å². The van der Waals surface area contributed by atoms with Gasteiger partial charge in [0.2, 0.25) is 6.33 Å². The third-order valence-corrected chi connectivity index (χ3v) is 2.32. The summed E-state index contributed by atoms with van der Waals surface area (Å²) in [6.45, 7) is 1.28. The van der Waals surface area contributed by atoms with Gasteiger partial charge in [0.25, 0.3) is 0 Å². The summed E-state index contributed by atoms with van der Waals surface area (Å²) in [5.41, 5.74) is 0.261. The van der Waals surface area contributed by atoms with E-state index in [4.69, 9.17) is 9.84 Å². The van der Waals surface area contributed by atoms with Crippen molar-refractivity contribution in [2.24, 2.45) is 0 Å². The van der Waals surface area contributed by atoms with E-state index in [1.165, 1.54) is 12.1 Å². The van der Waals surface area contributed by atoms with Crippen molar-refractivity contribution in [1.82, 2.24) is 4.98 Å². The number of benzene rings is 1. The second-order valence-electron chi connectivity index (χ2n) is 3.53. The molecule has 2 aromatic rings. The summed E-state index contributed by atoms with van der Waals surface area (Å²) < 4.78 is 7.45. The zero-order valence-electron chi connectivity index (χ0n) is 9.17. The summed E-state index contributed by atoms with van der Waals surface area (Å²) in [7, 11) is 0. The molecule has 0 aliphatic rings. The van der Waals surface area contributed by atoms with E-state index >= 15 is 0 Å². The van der Waals surface area contributed by atoms with Crippen molar-refractivity contribution in [3.8, 4) is 5.75 Å². The fourth-order valence-corrected chi connectivity index (χ4v) is 1.42. The largest absolute Gasteiger partial charge is 0.489 e. The summed E-state index contributed by atoms with van der Waals surface area (Å²) in [5, 5.41) is 8.73. The Balaban J connectivity index is 1.85. The zero-order chi connectivity index (χ0) is 12.1. The Bertz CT molecular complexity index is 477. The van der Waals surface area contributed by atoms with E-state index < -0.39 is 5.97 Å². The molecule has 1 heterocycles. The fraction of sp³-hybridized carbons (Fsp3) is 0.167. The lowest BCUT2D eigenvalue weighted by atomic mass is 10.2. The minimum absolute atomic E-state index is 0.261. The van der Waals surface area contributed by atoms with Crippen LogP contribution in [0.3, 0.4) is 0 Å². The van der Waals surface area contributed by atoms with Gasteiger partial charge >= 0.3 is 5.97 Å². The van der Waals surface area contributed by atoms with Crippen molar-refractivity contribution in [3.05, 3.63) is 48.5 Å². The number of ether oxygens (including phenoxy) is 1. The van der Waals surface area contributed by atoms with Crippen LogP contribution in [-0.2, 0) is 6.54 Å². The van der Waals surface area contributed by atoms with Gasteiger partial charge in [-0.1, -0.05) is 0 Å². The van der Waals surface area contributed by atoms with Crippen LogP contribution in [0.4, 0.5) is 0 Å². The number of carboxylic acid groups (broad SMARTS) is 1. The van der Waals surface area contributed by atoms with Crippen molar-refractivity contribution in [1.29, 1.82) is 0 Å². The number of hydrogen-bond donors (Lipinski definition) is 2. The van der Waals surface area contributed by atoms with Crippen LogP contribution >= 0.6 is 0 Å². The lowest BCUT2D eigenvalue weighted by Crippen LogP contribution is -2.33. The Hall–Kier alpha value is -2.30. The number of aromatic carboxylic acids is 1. The Labute approximate surface area is 98.3 Å². The molecule has 5 nitrogen and oxygen atoms in total. The van der Waals surface area contributed by atoms with Gasteiger partial charge in [-0.05, 0) is 24.3 Å². The highest BCUT2D eigenvalue weighted by atomic mass is 16.5. The minimum atomic E-state index is -0.931. The van der Waals surface area contributed by atoms with E-state index in [9.17, 15) is 4.79 Å². The molecule has 0 radical (unpaired) electrons. The highest BCUT2D eigenvalue weighted by Crippen LogP contribution is 2.11. The molecule has 2 N–H and O–H groups in total. The molecule has 5 heteroatoms. The van der Waals surface area contributed by atoms with E-state index in [0.29, 0.717) is 12.4 Å². The van der Waals surface area contributed by atoms with Crippen molar-refractivity contribution >= 4 is 5.97 Å². The Morgan fingerprint density at radius 2 is 2.12 bits per heavy atom. The van der Waals surface area contributed by atoms with Crippen molar-refractivity contribution in [2.45, 2.75) is 6.54 Å². The molecule has 1 aromatic heterocycles. The smallest absolute Gasteiger partial charge is 0.335 e. The third-order valence-electron chi connectivity index (χ3n) is 2.32. The lowest BCUT2D eigenvalue weighted by molar-refractivity contribution is -0.696. The van der Waals surface area contributed by atoms with Crippen molar-refractivity contribution in [2.75, 3.05) is 6.61 Å². The number of rotatable bonds is 5. The maximum absolute atomic E-state index is 10.6. The molecule has 88 valence electrons. The molecule has 0 spiro atoms. The number of imidazole rings is 1. The summed E-state index contributed by atoms with van der Waals surface area (Å²) in [6, 6.07) is 6.37. The van der Waals surface area contributed by atoms with Crippen LogP contribution in [0, 0.1) is 0 Å². The number of carboxylic acids is 1. The molecule has 0 saturated carbocycles. The number of nitrogens with zero attached hydrogens (tertiary/aromatic N) is 1. The Kier molecular flexibility index (Phi) is 3.40. The molecule has 0 amide bonds. The van der Waals surface area contributed by atoms with E-state index in [-0.39, 0.29) is 5.56 Å². The predicted octanol–water partition coefficient (Wildman–Crippen LogP) is 1.08. The molecule has 17 heavy (non-hydrogen) atoms. The predicted molar refractivity (Wildman–Crippen MR) is 59.9 cm³/mol. The first kappa shape index (κ1) is 11.2. The lowest BCUT2D eigenvalue weighted by Gasteiger charge is -2.04. The fourth-order valence-electron chi connectivity index (χ4n) is 1.42. The van der Waals surface area contributed by atoms with Crippen LogP contribution in [0.2, 0.25) is 0 Å². The standard InChI is InChI=1S/C12H12N2O3/c15-12(16)10-1-3-11(4-2-10)17-8-7-14-6-5-13-9-14/h1-6,9H,7-8H2,(H,15,16)/p+1. The highest BCUT2D eigenvalue weighted by Gasteiger charge is 2.02. The van der Waals surface area contributed by atoms with Gasteiger partial charge in [-0.3, -0.25) is 4.98 Å². The van der Waals surface area contributed by atoms with Gasteiger partial charge in [-0.15, -0.1) is 0 Å². The molecular formula is C12H13N2O3+. The Morgan fingerprint density at radius 1 is 1.35 bits per heavy atom. The number of H-pyrrole nitrogens is 1. The second-order valence-corrected chi connectivity index (χ2v) is 3.53. The SMILES string of the molecule is O=C(O)c1ccc(OCC[n+]2cc[nH]c2)cc1. The van der Waals surface area contributed by atoms with Crippen molar-refractivity contribution in [3.63, 3.8) is 0 Å². The number of carbonyl (C=O) groups is 1. The van der Waals surface area contributed by atoms with Gasteiger partial charge in [-0.2, -0.15) is 0 Å². The maximum atomic E-state index is 10.6. The van der Waals surface area contributed by atoms with Crippen LogP contribution in [0.15, 0.2) is 43.0 Å². The number of aromatic nitrogens is 2. The summed E-state index contributed by atoms with van der Waals surface area (Å²) in [6.07, 6.45) is 5.59. The van der Waals surface area contributed by atoms with Crippen LogP contribution in [0.5, 0.6) is 5.75 Å². The van der Waals surface area contributed by atoms with Gasteiger partial charge in [-0.25, -0.2) is 9.36 Å². The maximum Gasteiger partial charge on any atom is 0.335 e. The normalized spacial score (nSPS) is 10.1. The van der Waals surface area contributed by atoms with Crippen LogP contribution in [-0.4, -0.2) is 22.7 Å². The van der Waals surface area contributed by atoms with E-state index in [1.807, 2.05) is 23.3 Å². The first-order chi connectivity index (χ1) is 8.25. The first-order valence-corrected chi connectivity index (χ1v) is 5.24. The van der Waals surface area contributed by atoms with Crippen molar-refractivity contribution < 1.29 is 19.2 Å². The number of nitrogens with one attached hydrogen (secondary N) is 1. The quantitative estimate of drug-likeness (QED) is 0.759. The molecule has 0 bridgehead atoms. The van der Waals surface area contributed by atoms with Gasteiger partial charge < -0.3 is 9.84 Å². The summed E-state index contributed by atoms with van der Waals surface area (Å²) in [4.78, 5) is 13.6. The minimum Gasteiger partial charge on any atom is -0.489 e. The molecule has 0 aliphatic carbocycles. The van der Waals surface area contributed by atoms with E-state index in [1.54, 1.807) is 12.1 Å². The summed E-state index contributed by atoms with van der Waals surface area (Å²) in [5.74, 6) is -0.259. The number of aromatic amines is 1. The zero-order valence-corrected chi connectivity index (χ0v) is 9.17. The second kappa shape index (κ2) is 5.16. The van der Waals surface area contributed by atoms with Gasteiger partial charge in [0.15, 0.2) is 0 Å². The van der Waals surface area contributed by atoms with Gasteiger partial charge in [0.1, 0.15) is 31.3 Å². The summed E-state index contributed by atoms with van der Waals surface area (Å²) >= 11 is 0. The molecular weight excluding hydrogens is 220 g/mol. The van der Waals surface area contributed by atoms with E-state index in [0.717, 1.165) is 6.54 Å². The molecule has 0 unspecified atom stereocenters. The number of hydrogen-bond acceptors (Lipinski definition) is 2. The average Bonchev–Trinajstić information content (AvgIpc) is 2.83.